The first-order chi connectivity index (χ1) is 9.56. The van der Waals surface area contributed by atoms with Gasteiger partial charge in [0.05, 0.1) is 5.69 Å². The van der Waals surface area contributed by atoms with Crippen molar-refractivity contribution < 1.29 is 4.79 Å². The first-order valence-electron chi connectivity index (χ1n) is 6.00. The highest BCUT2D eigenvalue weighted by Gasteiger charge is 2.04. The molecule has 0 aliphatic rings. The van der Waals surface area contributed by atoms with Crippen LogP contribution in [0.15, 0.2) is 29.4 Å². The zero-order chi connectivity index (χ0) is 15.0. The Morgan fingerprint density at radius 1 is 1.25 bits per heavy atom. The number of amides is 1. The lowest BCUT2D eigenvalue weighted by molar-refractivity contribution is -0.128. The summed E-state index contributed by atoms with van der Waals surface area (Å²) < 4.78 is 0. The Labute approximate surface area is 117 Å². The van der Waals surface area contributed by atoms with Gasteiger partial charge >= 0.3 is 0 Å². The van der Waals surface area contributed by atoms with Crippen LogP contribution in [0.2, 0.25) is 0 Å². The second-order valence-electron chi connectivity index (χ2n) is 4.28. The molecule has 0 aliphatic carbocycles. The number of hydrazone groups is 1. The fraction of sp³-hybridized carbons (Fsp3) is 0.286. The largest absolute Gasteiger partial charge is 0.349 e. The molecule has 1 amide bonds. The maximum absolute atomic E-state index is 11.5. The lowest BCUT2D eigenvalue weighted by Crippen LogP contribution is -2.21. The third-order valence-corrected chi connectivity index (χ3v) is 2.59. The number of carbonyl (C=O) groups is 1. The zero-order valence-electron chi connectivity index (χ0n) is 11.4. The van der Waals surface area contributed by atoms with Crippen LogP contribution in [-0.2, 0) is 11.2 Å². The Hall–Kier alpha value is -2.86. The molecular weight excluding hydrogens is 254 g/mol. The molecule has 0 saturated carbocycles. The molecule has 0 heterocycles. The van der Waals surface area contributed by atoms with Crippen LogP contribution in [0.25, 0.3) is 0 Å². The van der Waals surface area contributed by atoms with Crippen LogP contribution in [0.1, 0.15) is 12.0 Å². The molecule has 0 atom stereocenters. The molecule has 6 nitrogen and oxygen atoms in total. The van der Waals surface area contributed by atoms with E-state index in [9.17, 15) is 4.79 Å². The van der Waals surface area contributed by atoms with E-state index in [1.165, 1.54) is 0 Å². The monoisotopic (exact) mass is 269 g/mol. The molecular formula is C14H15N5O. The number of aryl methyl sites for hydroxylation is 1. The Kier molecular flexibility index (Phi) is 5.74. The third kappa shape index (κ3) is 4.79. The molecule has 1 aromatic rings. The maximum Gasteiger partial charge on any atom is 0.237 e. The van der Waals surface area contributed by atoms with Gasteiger partial charge in [-0.1, -0.05) is 12.1 Å². The molecule has 0 aromatic heterocycles. The van der Waals surface area contributed by atoms with Crippen molar-refractivity contribution in [2.24, 2.45) is 5.10 Å². The third-order valence-electron chi connectivity index (χ3n) is 2.59. The Balaban J connectivity index is 2.57. The molecule has 0 spiro atoms. The van der Waals surface area contributed by atoms with Crippen molar-refractivity contribution in [1.82, 2.24) is 4.90 Å². The summed E-state index contributed by atoms with van der Waals surface area (Å²) in [5.41, 5.74) is 4.11. The molecule has 0 unspecified atom stereocenters. The topological polar surface area (TPSA) is 92.3 Å². The van der Waals surface area contributed by atoms with Gasteiger partial charge in [0, 0.05) is 20.5 Å². The molecule has 0 aliphatic heterocycles. The Morgan fingerprint density at radius 3 is 2.35 bits per heavy atom. The van der Waals surface area contributed by atoms with Crippen LogP contribution in [0.4, 0.5) is 5.69 Å². The van der Waals surface area contributed by atoms with E-state index in [4.69, 9.17) is 10.5 Å². The second kappa shape index (κ2) is 7.55. The van der Waals surface area contributed by atoms with Gasteiger partial charge in [-0.3, -0.25) is 10.2 Å². The van der Waals surface area contributed by atoms with Gasteiger partial charge in [0.2, 0.25) is 11.6 Å². The summed E-state index contributed by atoms with van der Waals surface area (Å²) in [5, 5.41) is 20.7. The van der Waals surface area contributed by atoms with E-state index in [1.807, 2.05) is 12.1 Å². The molecule has 1 N–H and O–H groups in total. The number of anilines is 1. The standard InChI is InChI=1S/C14H15N5O/c1-19(2)14(20)8-5-11-3-6-12(7-4-11)17-18-13(9-15)10-16/h3-4,6-7,17H,5,8H2,1-2H3. The van der Waals surface area contributed by atoms with Gasteiger partial charge in [-0.15, -0.1) is 0 Å². The summed E-state index contributed by atoms with van der Waals surface area (Å²) in [7, 11) is 3.46. The van der Waals surface area contributed by atoms with Crippen molar-refractivity contribution in [3.05, 3.63) is 29.8 Å². The van der Waals surface area contributed by atoms with E-state index in [2.05, 4.69) is 10.5 Å². The molecule has 20 heavy (non-hydrogen) atoms. The molecule has 0 saturated heterocycles. The lowest BCUT2D eigenvalue weighted by atomic mass is 10.1. The van der Waals surface area contributed by atoms with Gasteiger partial charge in [0.15, 0.2) is 0 Å². The Bertz CT molecular complexity index is 559. The summed E-state index contributed by atoms with van der Waals surface area (Å²) in [6.45, 7) is 0. The van der Waals surface area contributed by atoms with E-state index in [-0.39, 0.29) is 11.6 Å². The maximum atomic E-state index is 11.5. The first-order valence-corrected chi connectivity index (χ1v) is 6.00. The van der Waals surface area contributed by atoms with E-state index in [0.717, 1.165) is 5.56 Å². The zero-order valence-corrected chi connectivity index (χ0v) is 11.4. The quantitative estimate of drug-likeness (QED) is 0.648. The van der Waals surface area contributed by atoms with Crippen molar-refractivity contribution in [2.45, 2.75) is 12.8 Å². The molecule has 0 bridgehead atoms. The molecule has 0 radical (unpaired) electrons. The van der Waals surface area contributed by atoms with Gasteiger partial charge in [-0.05, 0) is 24.1 Å². The van der Waals surface area contributed by atoms with Crippen LogP contribution in [0.5, 0.6) is 0 Å². The van der Waals surface area contributed by atoms with Crippen molar-refractivity contribution in [1.29, 1.82) is 10.5 Å². The molecule has 6 heteroatoms. The van der Waals surface area contributed by atoms with E-state index in [0.29, 0.717) is 18.5 Å². The van der Waals surface area contributed by atoms with Crippen LogP contribution < -0.4 is 5.43 Å². The van der Waals surface area contributed by atoms with Gasteiger partial charge < -0.3 is 4.90 Å². The van der Waals surface area contributed by atoms with Crippen LogP contribution >= 0.6 is 0 Å². The van der Waals surface area contributed by atoms with Crippen molar-refractivity contribution in [3.63, 3.8) is 0 Å². The van der Waals surface area contributed by atoms with Crippen LogP contribution in [0.3, 0.4) is 0 Å². The number of nitrogens with one attached hydrogen (secondary N) is 1. The second-order valence-corrected chi connectivity index (χ2v) is 4.28. The minimum absolute atomic E-state index is 0.0875. The van der Waals surface area contributed by atoms with Crippen molar-refractivity contribution in [3.8, 4) is 12.1 Å². The highest BCUT2D eigenvalue weighted by molar-refractivity contribution is 6.10. The summed E-state index contributed by atoms with van der Waals surface area (Å²) in [6.07, 6.45) is 1.13. The van der Waals surface area contributed by atoms with Crippen molar-refractivity contribution in [2.75, 3.05) is 19.5 Å². The van der Waals surface area contributed by atoms with Gasteiger partial charge in [0.25, 0.3) is 0 Å². The predicted octanol–water partition coefficient (Wildman–Crippen LogP) is 1.52. The van der Waals surface area contributed by atoms with Gasteiger partial charge in [0.1, 0.15) is 12.1 Å². The molecule has 102 valence electrons. The van der Waals surface area contributed by atoms with Gasteiger partial charge in [-0.2, -0.15) is 15.6 Å². The average molecular weight is 269 g/mol. The number of carbonyl (C=O) groups excluding carboxylic acids is 1. The fourth-order valence-electron chi connectivity index (χ4n) is 1.42. The van der Waals surface area contributed by atoms with Gasteiger partial charge in [-0.25, -0.2) is 0 Å². The van der Waals surface area contributed by atoms with E-state index < -0.39 is 0 Å². The van der Waals surface area contributed by atoms with Crippen molar-refractivity contribution >= 4 is 17.3 Å². The number of nitrogens with zero attached hydrogens (tertiary/aromatic N) is 4. The summed E-state index contributed by atoms with van der Waals surface area (Å²) in [6, 6.07) is 10.6. The minimum Gasteiger partial charge on any atom is -0.349 e. The molecule has 0 fully saturated rings. The minimum atomic E-state index is -0.231. The highest BCUT2D eigenvalue weighted by Crippen LogP contribution is 2.11. The number of hydrogen-bond donors (Lipinski definition) is 1. The number of rotatable bonds is 5. The lowest BCUT2D eigenvalue weighted by Gasteiger charge is -2.09. The highest BCUT2D eigenvalue weighted by atomic mass is 16.2. The molecule has 1 rings (SSSR count). The summed E-state index contributed by atoms with van der Waals surface area (Å²) >= 11 is 0. The Morgan fingerprint density at radius 2 is 1.85 bits per heavy atom. The molecule has 1 aromatic carbocycles. The predicted molar refractivity (Wildman–Crippen MR) is 75.7 cm³/mol. The normalized spacial score (nSPS) is 9.00. The number of nitriles is 2. The first kappa shape index (κ1) is 15.2. The summed E-state index contributed by atoms with van der Waals surface area (Å²) in [4.78, 5) is 13.0. The average Bonchev–Trinajstić information content (AvgIpc) is 2.46. The number of benzene rings is 1. The SMILES string of the molecule is CN(C)C(=O)CCc1ccc(NN=C(C#N)C#N)cc1. The van der Waals surface area contributed by atoms with E-state index >= 15 is 0 Å². The summed E-state index contributed by atoms with van der Waals surface area (Å²) in [5.74, 6) is 0.0875. The van der Waals surface area contributed by atoms with E-state index in [1.54, 1.807) is 43.3 Å². The fourth-order valence-corrected chi connectivity index (χ4v) is 1.42. The van der Waals surface area contributed by atoms with Crippen LogP contribution in [-0.4, -0.2) is 30.6 Å². The smallest absolute Gasteiger partial charge is 0.237 e. The van der Waals surface area contributed by atoms with Crippen LogP contribution in [0, 0.1) is 22.7 Å². The number of hydrogen-bond acceptors (Lipinski definition) is 5.